The van der Waals surface area contributed by atoms with Gasteiger partial charge in [0, 0.05) is 18.8 Å². The maximum Gasteiger partial charge on any atom is 0.238 e. The fraction of sp³-hybridized carbons (Fsp3) is 0.429. The molecule has 1 fully saturated rings. The molecule has 0 spiro atoms. The minimum atomic E-state index is -0.560. The third-order valence-electron chi connectivity index (χ3n) is 4.92. The van der Waals surface area contributed by atoms with Crippen LogP contribution in [0.2, 0.25) is 0 Å². The second-order valence-corrected chi connectivity index (χ2v) is 7.12. The molecule has 0 atom stereocenters. The molecule has 1 aliphatic rings. The summed E-state index contributed by atoms with van der Waals surface area (Å²) in [6.07, 6.45) is 0. The van der Waals surface area contributed by atoms with Crippen molar-refractivity contribution in [3.05, 3.63) is 53.2 Å². The number of amides is 1. The third-order valence-corrected chi connectivity index (χ3v) is 4.92. The molecule has 1 saturated heterocycles. The molecule has 138 valence electrons. The van der Waals surface area contributed by atoms with Gasteiger partial charge in [0.15, 0.2) is 0 Å². The number of carbonyl (C=O) groups is 1. The number of aryl methyl sites for hydroxylation is 1. The summed E-state index contributed by atoms with van der Waals surface area (Å²) in [6.45, 7) is 9.90. The molecule has 1 aromatic heterocycles. The topological polar surface area (TPSA) is 63.2 Å². The molecule has 5 heteroatoms. The van der Waals surface area contributed by atoms with Crippen LogP contribution in [0, 0.1) is 6.92 Å². The van der Waals surface area contributed by atoms with Crippen LogP contribution in [0.4, 0.5) is 5.69 Å². The number of aromatic nitrogens is 1. The van der Waals surface area contributed by atoms with Gasteiger partial charge < -0.3 is 15.4 Å². The van der Waals surface area contributed by atoms with Gasteiger partial charge in [0.2, 0.25) is 11.8 Å². The molecule has 2 heterocycles. The van der Waals surface area contributed by atoms with Gasteiger partial charge in [-0.2, -0.15) is 0 Å². The summed E-state index contributed by atoms with van der Waals surface area (Å²) in [5, 5.41) is 6.34. The van der Waals surface area contributed by atoms with Crippen molar-refractivity contribution in [1.29, 1.82) is 0 Å². The van der Waals surface area contributed by atoms with E-state index in [1.807, 2.05) is 38.1 Å². The Morgan fingerprint density at radius 2 is 2.00 bits per heavy atom. The number of benzene rings is 1. The van der Waals surface area contributed by atoms with Crippen LogP contribution < -0.4 is 15.4 Å². The zero-order valence-electron chi connectivity index (χ0n) is 15.9. The Morgan fingerprint density at radius 3 is 2.62 bits per heavy atom. The van der Waals surface area contributed by atoms with Crippen molar-refractivity contribution in [2.45, 2.75) is 39.0 Å². The van der Waals surface area contributed by atoms with Crippen molar-refractivity contribution >= 4 is 11.6 Å². The van der Waals surface area contributed by atoms with Crippen molar-refractivity contribution in [2.75, 3.05) is 25.0 Å². The Hall–Kier alpha value is -2.40. The SMILES string of the molecule is CCOc1nc(C)ccc1NC(=O)C1(c2ccccc2C(C)C)CNC1. The third kappa shape index (κ3) is 3.31. The fourth-order valence-corrected chi connectivity index (χ4v) is 3.40. The summed E-state index contributed by atoms with van der Waals surface area (Å²) in [5.74, 6) is 0.813. The largest absolute Gasteiger partial charge is 0.476 e. The van der Waals surface area contributed by atoms with Crippen LogP contribution in [-0.2, 0) is 10.2 Å². The first-order valence-electron chi connectivity index (χ1n) is 9.20. The van der Waals surface area contributed by atoms with Crippen molar-refractivity contribution in [3.63, 3.8) is 0 Å². The highest BCUT2D eigenvalue weighted by Crippen LogP contribution is 2.36. The lowest BCUT2D eigenvalue weighted by Crippen LogP contribution is -2.63. The van der Waals surface area contributed by atoms with E-state index in [1.54, 1.807) is 0 Å². The van der Waals surface area contributed by atoms with Gasteiger partial charge in [-0.05, 0) is 43.0 Å². The first-order valence-corrected chi connectivity index (χ1v) is 9.20. The summed E-state index contributed by atoms with van der Waals surface area (Å²) >= 11 is 0. The molecule has 0 unspecified atom stereocenters. The first-order chi connectivity index (χ1) is 12.5. The zero-order valence-corrected chi connectivity index (χ0v) is 15.9. The van der Waals surface area contributed by atoms with E-state index in [4.69, 9.17) is 4.74 Å². The number of nitrogens with zero attached hydrogens (tertiary/aromatic N) is 1. The minimum absolute atomic E-state index is 0.0176. The molecule has 0 aliphatic carbocycles. The summed E-state index contributed by atoms with van der Waals surface area (Å²) in [6, 6.07) is 12.0. The average molecular weight is 353 g/mol. The fourth-order valence-electron chi connectivity index (χ4n) is 3.40. The standard InChI is InChI=1S/C21H27N3O2/c1-5-26-19-18(11-10-15(4)23-19)24-20(25)21(12-22-13-21)17-9-7-6-8-16(17)14(2)3/h6-11,14,22H,5,12-13H2,1-4H3,(H,24,25). The van der Waals surface area contributed by atoms with Crippen LogP contribution in [0.3, 0.4) is 0 Å². The number of hydrogen-bond acceptors (Lipinski definition) is 4. The quantitative estimate of drug-likeness (QED) is 0.836. The lowest BCUT2D eigenvalue weighted by Gasteiger charge is -2.43. The van der Waals surface area contributed by atoms with Gasteiger partial charge in [-0.1, -0.05) is 38.1 Å². The van der Waals surface area contributed by atoms with Crippen LogP contribution >= 0.6 is 0 Å². The van der Waals surface area contributed by atoms with Gasteiger partial charge >= 0.3 is 0 Å². The highest BCUT2D eigenvalue weighted by molar-refractivity contribution is 6.01. The monoisotopic (exact) mass is 353 g/mol. The molecule has 0 radical (unpaired) electrons. The Morgan fingerprint density at radius 1 is 1.27 bits per heavy atom. The number of pyridine rings is 1. The molecule has 5 nitrogen and oxygen atoms in total. The predicted molar refractivity (Wildman–Crippen MR) is 104 cm³/mol. The Balaban J connectivity index is 1.94. The number of carbonyl (C=O) groups excluding carboxylic acids is 1. The molecule has 3 rings (SSSR count). The summed E-state index contributed by atoms with van der Waals surface area (Å²) < 4.78 is 5.61. The second-order valence-electron chi connectivity index (χ2n) is 7.12. The van der Waals surface area contributed by atoms with E-state index in [9.17, 15) is 4.79 Å². The van der Waals surface area contributed by atoms with Gasteiger partial charge in [0.1, 0.15) is 5.69 Å². The molecule has 1 aromatic carbocycles. The Bertz CT molecular complexity index is 798. The van der Waals surface area contributed by atoms with Crippen LogP contribution in [0.15, 0.2) is 36.4 Å². The van der Waals surface area contributed by atoms with E-state index in [1.165, 1.54) is 5.56 Å². The molecule has 2 N–H and O–H groups in total. The molecule has 26 heavy (non-hydrogen) atoms. The van der Waals surface area contributed by atoms with Crippen molar-refractivity contribution in [1.82, 2.24) is 10.3 Å². The summed E-state index contributed by atoms with van der Waals surface area (Å²) in [4.78, 5) is 17.7. The summed E-state index contributed by atoms with van der Waals surface area (Å²) in [5.41, 5.74) is 3.24. The van der Waals surface area contributed by atoms with E-state index in [-0.39, 0.29) is 5.91 Å². The van der Waals surface area contributed by atoms with Gasteiger partial charge in [-0.15, -0.1) is 0 Å². The maximum absolute atomic E-state index is 13.3. The normalized spacial score (nSPS) is 15.4. The van der Waals surface area contributed by atoms with E-state index < -0.39 is 5.41 Å². The minimum Gasteiger partial charge on any atom is -0.476 e. The van der Waals surface area contributed by atoms with Crippen molar-refractivity contribution in [2.24, 2.45) is 0 Å². The molecule has 2 aromatic rings. The molecular weight excluding hydrogens is 326 g/mol. The van der Waals surface area contributed by atoms with Crippen LogP contribution in [0.1, 0.15) is 43.5 Å². The number of nitrogens with one attached hydrogen (secondary N) is 2. The average Bonchev–Trinajstić information content (AvgIpc) is 2.57. The number of ether oxygens (including phenoxy) is 1. The van der Waals surface area contributed by atoms with Crippen LogP contribution in [0.5, 0.6) is 5.88 Å². The van der Waals surface area contributed by atoms with E-state index in [2.05, 4.69) is 41.6 Å². The van der Waals surface area contributed by atoms with Crippen LogP contribution in [-0.4, -0.2) is 30.6 Å². The number of hydrogen-bond donors (Lipinski definition) is 2. The van der Waals surface area contributed by atoms with Gasteiger partial charge in [-0.25, -0.2) is 4.98 Å². The lowest BCUT2D eigenvalue weighted by atomic mass is 9.71. The van der Waals surface area contributed by atoms with Gasteiger partial charge in [0.25, 0.3) is 0 Å². The maximum atomic E-state index is 13.3. The highest BCUT2D eigenvalue weighted by Gasteiger charge is 2.47. The molecule has 0 saturated carbocycles. The molecule has 0 bridgehead atoms. The molecular formula is C21H27N3O2. The summed E-state index contributed by atoms with van der Waals surface area (Å²) in [7, 11) is 0. The molecule has 1 amide bonds. The highest BCUT2D eigenvalue weighted by atomic mass is 16.5. The van der Waals surface area contributed by atoms with E-state index >= 15 is 0 Å². The lowest BCUT2D eigenvalue weighted by molar-refractivity contribution is -0.123. The van der Waals surface area contributed by atoms with Crippen LogP contribution in [0.25, 0.3) is 0 Å². The van der Waals surface area contributed by atoms with Gasteiger partial charge in [-0.3, -0.25) is 4.79 Å². The number of anilines is 1. The zero-order chi connectivity index (χ0) is 18.7. The van der Waals surface area contributed by atoms with Crippen molar-refractivity contribution in [3.8, 4) is 5.88 Å². The second kappa shape index (κ2) is 7.46. The first kappa shape index (κ1) is 18.4. The van der Waals surface area contributed by atoms with Gasteiger partial charge in [0.05, 0.1) is 12.0 Å². The predicted octanol–water partition coefficient (Wildman–Crippen LogP) is 3.39. The van der Waals surface area contributed by atoms with E-state index in [0.29, 0.717) is 37.2 Å². The van der Waals surface area contributed by atoms with E-state index in [0.717, 1.165) is 11.3 Å². The smallest absolute Gasteiger partial charge is 0.238 e. The van der Waals surface area contributed by atoms with Crippen molar-refractivity contribution < 1.29 is 9.53 Å². The Kier molecular flexibility index (Phi) is 5.28. The molecule has 1 aliphatic heterocycles. The Labute approximate surface area is 155 Å². The number of rotatable bonds is 6.